The second-order valence-electron chi connectivity index (χ2n) is 27.6. The molecule has 0 aromatic rings. The molecule has 10 heteroatoms. The molecule has 0 bridgehead atoms. The average molecular weight is 1020 g/mol. The standard InChI is InChI=1S/C31H41NO4.C31H39NO4.2CH4/c2*1-18-19-9-10-29(5)23(28(19,4)17-21(32-7)25(18)34)15-22(33)24-20-16-27(2,3)11-13-31(20,26(35)36-8)14-12-30(24,29)6;;/h15,17-20,24H,9-14,16H2,1-6,8H3;15,17,20,24H,9-14,16H2,1-6,8H3;2*1H4/t18-,19-,20-,24-,28-,29+,30+,31-;20-,24-,28-,29+,30+,31-;;/m00../s1/i;;2*1T. The third-order valence-electron chi connectivity index (χ3n) is 23.7. The monoisotopic (exact) mass is 1020 g/mol. The SMILES string of the molecule is [3H]C.[3H]C.[C-]#[N+]C1=C[C@]2(C)C3=CC(=O)[C@@H]4[C@@H]5CC(C)(C)CC[C@]5(C(=O)OC)CC[C@@]4(C)[C@]3(C)CCC2=C(C)C1=O.[C-]#[N+]C1=C[C@]2(C)C3=CC(=O)[C@@H]4[C@@H]5CC(C)(C)CC[C@]5(C(=O)OC)CC[C@@]4(C)[C@]3(C)CC[C@H]2[C@H](C)C1=O. The summed E-state index contributed by atoms with van der Waals surface area (Å²) in [6.07, 6.45) is 19.2. The minimum absolute atomic E-state index is 0.0405. The summed E-state index contributed by atoms with van der Waals surface area (Å²) < 4.78 is 22.3. The Kier molecular flexibility index (Phi) is 13.1. The van der Waals surface area contributed by atoms with E-state index in [4.69, 9.17) is 25.4 Å². The van der Waals surface area contributed by atoms with Gasteiger partial charge in [0.1, 0.15) is 0 Å². The number of Topliss-reactive ketones (excluding diaryl/α,β-unsaturated/α-hetero) is 2. The van der Waals surface area contributed by atoms with Crippen molar-refractivity contribution >= 4 is 35.1 Å². The molecule has 0 radical (unpaired) electrons. The third kappa shape index (κ3) is 7.30. The molecule has 14 atom stereocenters. The van der Waals surface area contributed by atoms with Crippen molar-refractivity contribution in [1.82, 2.24) is 0 Å². The molecule has 0 spiro atoms. The van der Waals surface area contributed by atoms with Crippen LogP contribution in [0.5, 0.6) is 0 Å². The number of hydrogen-bond donors (Lipinski definition) is 0. The van der Waals surface area contributed by atoms with Crippen molar-refractivity contribution in [3.8, 4) is 0 Å². The van der Waals surface area contributed by atoms with E-state index in [0.29, 0.717) is 5.57 Å². The van der Waals surface area contributed by atoms with Crippen LogP contribution in [0.3, 0.4) is 0 Å². The highest BCUT2D eigenvalue weighted by atomic mass is 16.5. The molecule has 0 heterocycles. The normalized spacial score (nSPS) is 44.1. The number of fused-ring (bicyclic) bond motifs is 14. The van der Waals surface area contributed by atoms with Crippen molar-refractivity contribution < 1.29 is 41.0 Å². The van der Waals surface area contributed by atoms with Gasteiger partial charge in [-0.25, -0.2) is 9.69 Å². The van der Waals surface area contributed by atoms with Crippen molar-refractivity contribution in [1.29, 1.82) is 0 Å². The first-order valence-electron chi connectivity index (χ1n) is 29.1. The lowest BCUT2D eigenvalue weighted by Gasteiger charge is -2.68. The zero-order chi connectivity index (χ0) is 56.9. The van der Waals surface area contributed by atoms with Crippen LogP contribution in [0.15, 0.2) is 58.0 Å². The average Bonchev–Trinajstić information content (AvgIpc) is 3.39. The molecule has 10 rings (SSSR count). The molecule has 10 aliphatic carbocycles. The van der Waals surface area contributed by atoms with Crippen LogP contribution in [0.25, 0.3) is 9.69 Å². The number of esters is 2. The summed E-state index contributed by atoms with van der Waals surface area (Å²) in [7, 11) is 5.46. The van der Waals surface area contributed by atoms with Crippen molar-refractivity contribution in [3.63, 3.8) is 0 Å². The van der Waals surface area contributed by atoms with Gasteiger partial charge in [-0.2, -0.15) is 0 Å². The largest absolute Gasteiger partial charge is 0.469 e. The topological polar surface area (TPSA) is 130 Å². The van der Waals surface area contributed by atoms with E-state index in [1.165, 1.54) is 29.0 Å². The fraction of sp³-hybridized carbons (Fsp3) is 0.719. The Morgan fingerprint density at radius 3 is 1.53 bits per heavy atom. The summed E-state index contributed by atoms with van der Waals surface area (Å²) >= 11 is 0. The van der Waals surface area contributed by atoms with Crippen LogP contribution in [0.2, 0.25) is 0 Å². The highest BCUT2D eigenvalue weighted by molar-refractivity contribution is 6.11. The summed E-state index contributed by atoms with van der Waals surface area (Å²) in [5.74, 6) is -1.01. The minimum Gasteiger partial charge on any atom is -0.469 e. The first-order chi connectivity index (χ1) is 35.4. The van der Waals surface area contributed by atoms with E-state index >= 15 is 0 Å². The van der Waals surface area contributed by atoms with Gasteiger partial charge >= 0.3 is 11.9 Å². The number of ketones is 4. The molecule has 0 unspecified atom stereocenters. The van der Waals surface area contributed by atoms with E-state index in [2.05, 4.69) is 78.9 Å². The quantitative estimate of drug-likeness (QED) is 0.197. The number of carbonyl (C=O) groups excluding carboxylic acids is 6. The summed E-state index contributed by atoms with van der Waals surface area (Å²) in [5, 5.41) is 0. The Labute approximate surface area is 446 Å². The Bertz CT molecular complexity index is 2750. The number of allylic oxidation sites excluding steroid dienone is 9. The van der Waals surface area contributed by atoms with Crippen LogP contribution in [0, 0.1) is 103 Å². The van der Waals surface area contributed by atoms with E-state index in [1.54, 1.807) is 0 Å². The molecule has 402 valence electrons. The summed E-state index contributed by atoms with van der Waals surface area (Å²) in [4.78, 5) is 88.1. The minimum atomic E-state index is -0.614. The molecule has 0 N–H and O–H groups in total. The molecule has 10 aliphatic rings. The molecule has 10 nitrogen and oxygen atoms in total. The maximum absolute atomic E-state index is 14.3. The Hall–Kier alpha value is -4.70. The second kappa shape index (κ2) is 17.9. The zero-order valence-corrected chi connectivity index (χ0v) is 47.8. The number of carbonyl (C=O) groups is 6. The summed E-state index contributed by atoms with van der Waals surface area (Å²) in [6.45, 7) is 41.5. The lowest BCUT2D eigenvalue weighted by Crippen LogP contribution is -2.65. The van der Waals surface area contributed by atoms with Gasteiger partial charge in [-0.3, -0.25) is 19.2 Å². The van der Waals surface area contributed by atoms with Gasteiger partial charge in [-0.05, 0) is 177 Å². The molecule has 74 heavy (non-hydrogen) atoms. The molecule has 0 saturated heterocycles. The molecule has 0 aromatic heterocycles. The van der Waals surface area contributed by atoms with Crippen molar-refractivity contribution in [3.05, 3.63) is 80.8 Å². The predicted molar refractivity (Wildman–Crippen MR) is 288 cm³/mol. The van der Waals surface area contributed by atoms with Gasteiger partial charge in [0, 0.05) is 31.3 Å². The Morgan fingerprint density at radius 2 is 1.07 bits per heavy atom. The van der Waals surface area contributed by atoms with E-state index in [0.717, 1.165) is 107 Å². The molecule has 0 aliphatic heterocycles. The van der Waals surface area contributed by atoms with Gasteiger partial charge in [0.15, 0.2) is 23.1 Å². The number of rotatable bonds is 2. The van der Waals surface area contributed by atoms with Gasteiger partial charge in [0.05, 0.1) is 38.2 Å². The molecular weight excluding hydrogens is 925 g/mol. The number of nitrogens with zero attached hydrogens (tertiary/aromatic N) is 2. The predicted octanol–water partition coefficient (Wildman–Crippen LogP) is 14.0. The second-order valence-corrected chi connectivity index (χ2v) is 27.6. The fourth-order valence-corrected chi connectivity index (χ4v) is 19.1. The van der Waals surface area contributed by atoms with Gasteiger partial charge in [-0.1, -0.05) is 107 Å². The van der Waals surface area contributed by atoms with Crippen molar-refractivity contribution in [2.45, 2.75) is 188 Å². The fourth-order valence-electron chi connectivity index (χ4n) is 19.1. The number of hydrogen-bond acceptors (Lipinski definition) is 8. The van der Waals surface area contributed by atoms with Crippen molar-refractivity contribution in [2.75, 3.05) is 14.2 Å². The summed E-state index contributed by atoms with van der Waals surface area (Å²) in [5.41, 5.74) is 0.949. The van der Waals surface area contributed by atoms with Gasteiger partial charge in [0.2, 0.25) is 11.4 Å². The van der Waals surface area contributed by atoms with Crippen LogP contribution in [-0.2, 0) is 38.2 Å². The molecule has 6 saturated carbocycles. The number of methoxy groups -OCH3 is 2. The smallest absolute Gasteiger partial charge is 0.312 e. The highest BCUT2D eigenvalue weighted by Gasteiger charge is 2.72. The zero-order valence-electron chi connectivity index (χ0n) is 49.8. The van der Waals surface area contributed by atoms with Crippen LogP contribution in [0.1, 0.15) is 191 Å². The molecule has 0 aromatic carbocycles. The lowest BCUT2D eigenvalue weighted by molar-refractivity contribution is -0.191. The van der Waals surface area contributed by atoms with Crippen molar-refractivity contribution in [2.24, 2.45) is 89.7 Å². The maximum atomic E-state index is 14.3. The molecular formula is C64H88N2O8. The highest BCUT2D eigenvalue weighted by Crippen LogP contribution is 2.76. The van der Waals surface area contributed by atoms with E-state index < -0.39 is 21.7 Å². The molecule has 0 amide bonds. The van der Waals surface area contributed by atoms with E-state index in [9.17, 15) is 28.8 Å². The van der Waals surface area contributed by atoms with Gasteiger partial charge in [0.25, 0.3) is 0 Å². The lowest BCUT2D eigenvalue weighted by atomic mass is 9.35. The van der Waals surface area contributed by atoms with Crippen LogP contribution in [0.4, 0.5) is 0 Å². The first-order valence-corrected chi connectivity index (χ1v) is 27.1. The van der Waals surface area contributed by atoms with Crippen LogP contribution < -0.4 is 0 Å². The number of ether oxygens (including phenoxy) is 2. The maximum Gasteiger partial charge on any atom is 0.312 e. The van der Waals surface area contributed by atoms with E-state index in [-0.39, 0.29) is 114 Å². The Morgan fingerprint density at radius 1 is 0.622 bits per heavy atom. The summed E-state index contributed by atoms with van der Waals surface area (Å²) in [6, 6.07) is 0. The molecule has 6 fully saturated rings. The Balaban J connectivity index is 0.000000208. The van der Waals surface area contributed by atoms with Crippen LogP contribution in [-0.4, -0.2) is 49.3 Å². The van der Waals surface area contributed by atoms with E-state index in [1.807, 2.05) is 38.2 Å². The van der Waals surface area contributed by atoms with Gasteiger partial charge in [-0.15, -0.1) is 0 Å². The van der Waals surface area contributed by atoms with Gasteiger partial charge < -0.3 is 19.1 Å². The third-order valence-corrected chi connectivity index (χ3v) is 23.7. The first kappa shape index (κ1) is 54.1. The van der Waals surface area contributed by atoms with Crippen LogP contribution >= 0.6 is 0 Å².